The molecule has 7 heteroatoms. The highest BCUT2D eigenvalue weighted by atomic mass is 32.1. The first-order valence-electron chi connectivity index (χ1n) is 10.2. The Morgan fingerprint density at radius 2 is 1.80 bits per heavy atom. The molecule has 0 bridgehead atoms. The zero-order chi connectivity index (χ0) is 21.5. The van der Waals surface area contributed by atoms with Gasteiger partial charge in [0.25, 0.3) is 0 Å². The van der Waals surface area contributed by atoms with E-state index in [1.807, 2.05) is 24.3 Å². The van der Waals surface area contributed by atoms with Crippen molar-refractivity contribution in [2.24, 2.45) is 0 Å². The molecule has 158 valence electrons. The number of thiazole rings is 1. The maximum atomic E-state index is 10.2. The molecular weight excluding hydrogens is 396 g/mol. The SMILES string of the molecule is CC(C)(C)c1nc(C2CC2)sc1Oc1ccnc(Nc2ccnc(C(C)(C)O)c2)c1. The summed E-state index contributed by atoms with van der Waals surface area (Å²) >= 11 is 1.66. The third kappa shape index (κ3) is 4.79. The lowest BCUT2D eigenvalue weighted by molar-refractivity contribution is 0.0739. The summed E-state index contributed by atoms with van der Waals surface area (Å²) in [7, 11) is 0. The Morgan fingerprint density at radius 3 is 2.47 bits per heavy atom. The summed E-state index contributed by atoms with van der Waals surface area (Å²) in [6, 6.07) is 7.38. The van der Waals surface area contributed by atoms with Crippen molar-refractivity contribution in [2.75, 3.05) is 5.32 Å². The lowest BCUT2D eigenvalue weighted by Gasteiger charge is -2.18. The van der Waals surface area contributed by atoms with Gasteiger partial charge in [0, 0.05) is 35.5 Å². The number of hydrogen-bond acceptors (Lipinski definition) is 7. The highest BCUT2D eigenvalue weighted by Gasteiger charge is 2.32. The van der Waals surface area contributed by atoms with Crippen LogP contribution >= 0.6 is 11.3 Å². The van der Waals surface area contributed by atoms with Crippen molar-refractivity contribution >= 4 is 22.8 Å². The Labute approximate surface area is 181 Å². The molecule has 0 aliphatic heterocycles. The van der Waals surface area contributed by atoms with E-state index in [0.717, 1.165) is 16.4 Å². The minimum atomic E-state index is -1.01. The highest BCUT2D eigenvalue weighted by molar-refractivity contribution is 7.13. The van der Waals surface area contributed by atoms with Gasteiger partial charge in [-0.15, -0.1) is 0 Å². The van der Waals surface area contributed by atoms with E-state index in [-0.39, 0.29) is 5.41 Å². The standard InChI is InChI=1S/C23H28N4O2S/c1-22(2,3)19-21(30-20(27-19)14-6-7-14)29-16-9-11-25-18(13-16)26-15-8-10-24-17(12-15)23(4,5)28/h8-14,28H,6-7H2,1-5H3,(H,24,25,26). The van der Waals surface area contributed by atoms with Gasteiger partial charge in [-0.1, -0.05) is 32.1 Å². The average Bonchev–Trinajstić information content (AvgIpc) is 3.41. The predicted molar refractivity (Wildman–Crippen MR) is 120 cm³/mol. The first kappa shape index (κ1) is 20.8. The number of nitrogens with zero attached hydrogens (tertiary/aromatic N) is 3. The number of nitrogens with one attached hydrogen (secondary N) is 1. The fourth-order valence-electron chi connectivity index (χ4n) is 3.01. The lowest BCUT2D eigenvalue weighted by Crippen LogP contribution is -2.17. The largest absolute Gasteiger partial charge is 0.444 e. The van der Waals surface area contributed by atoms with Crippen LogP contribution in [0.1, 0.15) is 69.8 Å². The Morgan fingerprint density at radius 1 is 1.07 bits per heavy atom. The first-order chi connectivity index (χ1) is 14.1. The van der Waals surface area contributed by atoms with Crippen molar-refractivity contribution in [3.05, 3.63) is 53.1 Å². The van der Waals surface area contributed by atoms with Gasteiger partial charge in [0.15, 0.2) is 0 Å². The first-order valence-corrected chi connectivity index (χ1v) is 11.0. The van der Waals surface area contributed by atoms with Crippen LogP contribution in [0.2, 0.25) is 0 Å². The number of ether oxygens (including phenoxy) is 1. The van der Waals surface area contributed by atoms with Crippen LogP contribution in [0.15, 0.2) is 36.7 Å². The minimum Gasteiger partial charge on any atom is -0.444 e. The average molecular weight is 425 g/mol. The smallest absolute Gasteiger partial charge is 0.204 e. The van der Waals surface area contributed by atoms with E-state index in [1.165, 1.54) is 17.8 Å². The monoisotopic (exact) mass is 424 g/mol. The summed E-state index contributed by atoms with van der Waals surface area (Å²) in [5.41, 5.74) is 1.30. The molecule has 0 radical (unpaired) electrons. The van der Waals surface area contributed by atoms with Crippen LogP contribution in [0.4, 0.5) is 11.5 Å². The summed E-state index contributed by atoms with van der Waals surface area (Å²) in [6.07, 6.45) is 5.83. The Hall–Kier alpha value is -2.51. The molecule has 4 rings (SSSR count). The van der Waals surface area contributed by atoms with Crippen LogP contribution in [-0.2, 0) is 11.0 Å². The summed E-state index contributed by atoms with van der Waals surface area (Å²) in [5, 5.41) is 15.5. The Bertz CT molecular complexity index is 1050. The van der Waals surface area contributed by atoms with Crippen LogP contribution in [0.25, 0.3) is 0 Å². The van der Waals surface area contributed by atoms with Crippen molar-refractivity contribution in [2.45, 2.75) is 64.4 Å². The van der Waals surface area contributed by atoms with Gasteiger partial charge < -0.3 is 15.2 Å². The molecule has 0 amide bonds. The molecule has 1 fully saturated rings. The van der Waals surface area contributed by atoms with Crippen LogP contribution in [0.5, 0.6) is 10.8 Å². The highest BCUT2D eigenvalue weighted by Crippen LogP contribution is 2.47. The van der Waals surface area contributed by atoms with Crippen LogP contribution < -0.4 is 10.1 Å². The molecule has 0 spiro atoms. The number of anilines is 2. The van der Waals surface area contributed by atoms with E-state index in [2.05, 4.69) is 36.1 Å². The molecule has 0 atom stereocenters. The summed E-state index contributed by atoms with van der Waals surface area (Å²) < 4.78 is 6.27. The van der Waals surface area contributed by atoms with Crippen molar-refractivity contribution in [1.29, 1.82) is 0 Å². The van der Waals surface area contributed by atoms with Gasteiger partial charge in [-0.25, -0.2) is 9.97 Å². The molecule has 0 saturated heterocycles. The maximum absolute atomic E-state index is 10.2. The van der Waals surface area contributed by atoms with Gasteiger partial charge in [-0.3, -0.25) is 4.98 Å². The molecule has 3 aromatic heterocycles. The number of hydrogen-bond donors (Lipinski definition) is 2. The summed E-state index contributed by atoms with van der Waals surface area (Å²) in [4.78, 5) is 13.5. The molecule has 30 heavy (non-hydrogen) atoms. The Kier molecular flexibility index (Phi) is 5.28. The van der Waals surface area contributed by atoms with Gasteiger partial charge >= 0.3 is 0 Å². The van der Waals surface area contributed by atoms with Crippen molar-refractivity contribution < 1.29 is 9.84 Å². The Balaban J connectivity index is 1.56. The number of aromatic nitrogens is 3. The lowest BCUT2D eigenvalue weighted by atomic mass is 9.93. The normalized spacial score (nSPS) is 14.6. The second-order valence-electron chi connectivity index (χ2n) is 9.31. The van der Waals surface area contributed by atoms with E-state index < -0.39 is 5.60 Å². The van der Waals surface area contributed by atoms with Crippen molar-refractivity contribution in [1.82, 2.24) is 15.0 Å². The molecule has 2 N–H and O–H groups in total. The van der Waals surface area contributed by atoms with Gasteiger partial charge in [-0.2, -0.15) is 0 Å². The zero-order valence-electron chi connectivity index (χ0n) is 18.1. The fourth-order valence-corrected chi connectivity index (χ4v) is 4.33. The molecule has 0 unspecified atom stereocenters. The molecule has 3 aromatic rings. The fraction of sp³-hybridized carbons (Fsp3) is 0.435. The van der Waals surface area contributed by atoms with E-state index in [1.54, 1.807) is 37.6 Å². The second kappa shape index (κ2) is 7.63. The van der Waals surface area contributed by atoms with Crippen LogP contribution in [0.3, 0.4) is 0 Å². The third-order valence-corrected chi connectivity index (χ3v) is 5.95. The topological polar surface area (TPSA) is 80.2 Å². The molecule has 3 heterocycles. The molecule has 1 aliphatic rings. The van der Waals surface area contributed by atoms with Gasteiger partial charge in [0.1, 0.15) is 22.9 Å². The maximum Gasteiger partial charge on any atom is 0.204 e. The number of aliphatic hydroxyl groups is 1. The van der Waals surface area contributed by atoms with Gasteiger partial charge in [0.2, 0.25) is 5.06 Å². The van der Waals surface area contributed by atoms with E-state index >= 15 is 0 Å². The quantitative estimate of drug-likeness (QED) is 0.515. The van der Waals surface area contributed by atoms with Gasteiger partial charge in [0.05, 0.1) is 10.7 Å². The zero-order valence-corrected chi connectivity index (χ0v) is 18.9. The second-order valence-corrected chi connectivity index (χ2v) is 10.3. The van der Waals surface area contributed by atoms with Crippen LogP contribution in [0, 0.1) is 0 Å². The van der Waals surface area contributed by atoms with Crippen molar-refractivity contribution in [3.8, 4) is 10.8 Å². The molecule has 1 saturated carbocycles. The van der Waals surface area contributed by atoms with E-state index in [4.69, 9.17) is 9.72 Å². The minimum absolute atomic E-state index is 0.0857. The molecule has 1 aliphatic carbocycles. The number of rotatable bonds is 6. The molecule has 6 nitrogen and oxygen atoms in total. The summed E-state index contributed by atoms with van der Waals surface area (Å²) in [6.45, 7) is 9.91. The van der Waals surface area contributed by atoms with Gasteiger partial charge in [-0.05, 0) is 44.9 Å². The summed E-state index contributed by atoms with van der Waals surface area (Å²) in [5.74, 6) is 1.96. The third-order valence-electron chi connectivity index (χ3n) is 4.85. The van der Waals surface area contributed by atoms with Crippen molar-refractivity contribution in [3.63, 3.8) is 0 Å². The number of pyridine rings is 2. The van der Waals surface area contributed by atoms with Crippen LogP contribution in [-0.4, -0.2) is 20.1 Å². The predicted octanol–water partition coefficient (Wildman–Crippen LogP) is 5.87. The molecular formula is C23H28N4O2S. The molecule has 0 aromatic carbocycles. The van der Waals surface area contributed by atoms with E-state index in [9.17, 15) is 5.11 Å². The van der Waals surface area contributed by atoms with E-state index in [0.29, 0.717) is 23.2 Å².